The lowest BCUT2D eigenvalue weighted by Crippen LogP contribution is -2.49. The van der Waals surface area contributed by atoms with Crippen molar-refractivity contribution in [3.63, 3.8) is 0 Å². The van der Waals surface area contributed by atoms with Crippen molar-refractivity contribution in [1.29, 1.82) is 0 Å². The van der Waals surface area contributed by atoms with Crippen LogP contribution in [0.4, 0.5) is 4.79 Å². The van der Waals surface area contributed by atoms with Gasteiger partial charge in [-0.05, 0) is 52.7 Å². The molecule has 1 aliphatic heterocycles. The Morgan fingerprint density at radius 2 is 2.23 bits per heavy atom. The molecule has 0 radical (unpaired) electrons. The van der Waals surface area contributed by atoms with Crippen LogP contribution in [-0.2, 0) is 4.74 Å². The highest BCUT2D eigenvalue weighted by Gasteiger charge is 2.28. The minimum absolute atomic E-state index is 0.171. The van der Waals surface area contributed by atoms with Crippen LogP contribution in [-0.4, -0.2) is 40.7 Å². The summed E-state index contributed by atoms with van der Waals surface area (Å²) in [6.07, 6.45) is 3.65. The second-order valence-corrected chi connectivity index (χ2v) is 6.91. The number of nitrogens with one attached hydrogen (secondary N) is 1. The Labute approximate surface area is 133 Å². The summed E-state index contributed by atoms with van der Waals surface area (Å²) in [5, 5.41) is 3.57. The van der Waals surface area contributed by atoms with Gasteiger partial charge in [-0.3, -0.25) is 4.98 Å². The van der Waals surface area contributed by atoms with E-state index in [0.29, 0.717) is 6.54 Å². The molecule has 0 spiro atoms. The van der Waals surface area contributed by atoms with E-state index in [1.54, 1.807) is 11.1 Å². The molecule has 1 saturated heterocycles. The maximum Gasteiger partial charge on any atom is 0.410 e. The zero-order chi connectivity index (χ0) is 16.2. The van der Waals surface area contributed by atoms with Gasteiger partial charge in [-0.25, -0.2) is 4.79 Å². The van der Waals surface area contributed by atoms with Gasteiger partial charge >= 0.3 is 6.09 Å². The first-order valence-corrected chi connectivity index (χ1v) is 8.00. The number of likely N-dealkylation sites (tertiary alicyclic amines) is 1. The lowest BCUT2D eigenvalue weighted by atomic mass is 10.0. The molecule has 1 unspecified atom stereocenters. The number of hydrogen-bond acceptors (Lipinski definition) is 4. The van der Waals surface area contributed by atoms with Gasteiger partial charge in [0.25, 0.3) is 0 Å². The molecule has 1 fully saturated rings. The van der Waals surface area contributed by atoms with Crippen molar-refractivity contribution in [3.8, 4) is 0 Å². The predicted octanol–water partition coefficient (Wildman–Crippen LogP) is 3.13. The van der Waals surface area contributed by atoms with E-state index < -0.39 is 5.60 Å². The Morgan fingerprint density at radius 1 is 1.45 bits per heavy atom. The fraction of sp³-hybridized carbons (Fsp3) is 0.647. The van der Waals surface area contributed by atoms with E-state index in [0.717, 1.165) is 25.1 Å². The molecule has 2 rings (SSSR count). The maximum atomic E-state index is 12.2. The maximum absolute atomic E-state index is 12.2. The Balaban J connectivity index is 1.89. The van der Waals surface area contributed by atoms with E-state index in [-0.39, 0.29) is 18.2 Å². The summed E-state index contributed by atoms with van der Waals surface area (Å²) < 4.78 is 5.46. The van der Waals surface area contributed by atoms with Gasteiger partial charge in [-0.2, -0.15) is 0 Å². The number of amides is 1. The Hall–Kier alpha value is -1.62. The van der Waals surface area contributed by atoms with E-state index in [9.17, 15) is 4.79 Å². The first kappa shape index (κ1) is 16.7. The van der Waals surface area contributed by atoms with Crippen molar-refractivity contribution >= 4 is 6.09 Å². The van der Waals surface area contributed by atoms with Crippen LogP contribution in [0.1, 0.15) is 52.3 Å². The standard InChI is InChI=1S/C17H27N3O2/c1-13(15-9-5-6-10-18-15)19-14-8-7-11-20(12-14)16(21)22-17(2,3)4/h5-6,9-10,13-14,19H,7-8,11-12H2,1-4H3/t13-,14?/m0/s1. The average Bonchev–Trinajstić information content (AvgIpc) is 2.46. The second-order valence-electron chi connectivity index (χ2n) is 6.91. The molecule has 0 bridgehead atoms. The number of nitrogens with zero attached hydrogens (tertiary/aromatic N) is 2. The van der Waals surface area contributed by atoms with Crippen LogP contribution in [0.3, 0.4) is 0 Å². The van der Waals surface area contributed by atoms with Gasteiger partial charge in [0.1, 0.15) is 5.60 Å². The lowest BCUT2D eigenvalue weighted by Gasteiger charge is -2.35. The molecular weight excluding hydrogens is 278 g/mol. The topological polar surface area (TPSA) is 54.5 Å². The van der Waals surface area contributed by atoms with Gasteiger partial charge in [-0.1, -0.05) is 6.07 Å². The van der Waals surface area contributed by atoms with Crippen LogP contribution in [0.2, 0.25) is 0 Å². The summed E-state index contributed by atoms with van der Waals surface area (Å²) >= 11 is 0. The molecule has 1 aromatic heterocycles. The van der Waals surface area contributed by atoms with Crippen LogP contribution >= 0.6 is 0 Å². The van der Waals surface area contributed by atoms with Crippen molar-refractivity contribution in [2.75, 3.05) is 13.1 Å². The Kier molecular flexibility index (Phi) is 5.40. The van der Waals surface area contributed by atoms with E-state index in [1.807, 2.05) is 39.0 Å². The first-order valence-electron chi connectivity index (χ1n) is 8.00. The molecule has 2 atom stereocenters. The third kappa shape index (κ3) is 4.98. The number of carbonyl (C=O) groups excluding carboxylic acids is 1. The summed E-state index contributed by atoms with van der Waals surface area (Å²) in [5.74, 6) is 0. The van der Waals surface area contributed by atoms with Gasteiger partial charge in [0.15, 0.2) is 0 Å². The molecule has 0 aromatic carbocycles. The number of aromatic nitrogens is 1. The zero-order valence-electron chi connectivity index (χ0n) is 14.0. The fourth-order valence-corrected chi connectivity index (χ4v) is 2.68. The number of ether oxygens (including phenoxy) is 1. The Bertz CT molecular complexity index is 484. The van der Waals surface area contributed by atoms with Crippen molar-refractivity contribution in [1.82, 2.24) is 15.2 Å². The molecule has 22 heavy (non-hydrogen) atoms. The van der Waals surface area contributed by atoms with Gasteiger partial charge < -0.3 is 15.0 Å². The first-order chi connectivity index (χ1) is 10.3. The van der Waals surface area contributed by atoms with Crippen molar-refractivity contribution in [3.05, 3.63) is 30.1 Å². The van der Waals surface area contributed by atoms with E-state index in [1.165, 1.54) is 0 Å². The number of pyridine rings is 1. The zero-order valence-corrected chi connectivity index (χ0v) is 14.0. The van der Waals surface area contributed by atoms with Crippen molar-refractivity contribution in [2.45, 2.75) is 58.2 Å². The number of hydrogen-bond donors (Lipinski definition) is 1. The molecular formula is C17H27N3O2. The third-order valence-electron chi connectivity index (χ3n) is 3.69. The average molecular weight is 305 g/mol. The minimum atomic E-state index is -0.446. The third-order valence-corrected chi connectivity index (χ3v) is 3.69. The SMILES string of the molecule is C[C@H](NC1CCCN(C(=O)OC(C)(C)C)C1)c1ccccn1. The summed E-state index contributed by atoms with van der Waals surface area (Å²) in [5.41, 5.74) is 0.579. The van der Waals surface area contributed by atoms with E-state index >= 15 is 0 Å². The molecule has 0 aliphatic carbocycles. The molecule has 1 aromatic rings. The second kappa shape index (κ2) is 7.09. The molecule has 1 aliphatic rings. The van der Waals surface area contributed by atoms with Crippen LogP contribution in [0, 0.1) is 0 Å². The van der Waals surface area contributed by atoms with Crippen molar-refractivity contribution < 1.29 is 9.53 Å². The minimum Gasteiger partial charge on any atom is -0.444 e. The van der Waals surface area contributed by atoms with Crippen LogP contribution < -0.4 is 5.32 Å². The predicted molar refractivity (Wildman–Crippen MR) is 86.6 cm³/mol. The molecule has 0 saturated carbocycles. The number of carbonyl (C=O) groups is 1. The summed E-state index contributed by atoms with van der Waals surface area (Å²) in [6.45, 7) is 9.25. The summed E-state index contributed by atoms with van der Waals surface area (Å²) in [4.78, 5) is 18.4. The van der Waals surface area contributed by atoms with Crippen LogP contribution in [0.5, 0.6) is 0 Å². The lowest BCUT2D eigenvalue weighted by molar-refractivity contribution is 0.0183. The van der Waals surface area contributed by atoms with E-state index in [4.69, 9.17) is 4.74 Å². The smallest absolute Gasteiger partial charge is 0.410 e. The molecule has 1 amide bonds. The summed E-state index contributed by atoms with van der Waals surface area (Å²) in [6, 6.07) is 6.38. The van der Waals surface area contributed by atoms with Crippen LogP contribution in [0.15, 0.2) is 24.4 Å². The monoisotopic (exact) mass is 305 g/mol. The highest BCUT2D eigenvalue weighted by molar-refractivity contribution is 5.68. The largest absolute Gasteiger partial charge is 0.444 e. The Morgan fingerprint density at radius 3 is 2.86 bits per heavy atom. The highest BCUT2D eigenvalue weighted by Crippen LogP contribution is 2.18. The van der Waals surface area contributed by atoms with Gasteiger partial charge in [0.2, 0.25) is 0 Å². The summed E-state index contributed by atoms with van der Waals surface area (Å²) in [7, 11) is 0. The van der Waals surface area contributed by atoms with Crippen LogP contribution in [0.25, 0.3) is 0 Å². The molecule has 5 heteroatoms. The van der Waals surface area contributed by atoms with E-state index in [2.05, 4.69) is 17.2 Å². The molecule has 5 nitrogen and oxygen atoms in total. The highest BCUT2D eigenvalue weighted by atomic mass is 16.6. The van der Waals surface area contributed by atoms with Gasteiger partial charge in [-0.15, -0.1) is 0 Å². The molecule has 122 valence electrons. The quantitative estimate of drug-likeness (QED) is 0.932. The number of rotatable bonds is 3. The normalized spacial score (nSPS) is 20.5. The van der Waals surface area contributed by atoms with Gasteiger partial charge in [0.05, 0.1) is 5.69 Å². The molecule has 2 heterocycles. The number of piperidine rings is 1. The van der Waals surface area contributed by atoms with Crippen molar-refractivity contribution in [2.24, 2.45) is 0 Å². The van der Waals surface area contributed by atoms with Gasteiger partial charge in [0, 0.05) is 31.4 Å². The molecule has 1 N–H and O–H groups in total. The fourth-order valence-electron chi connectivity index (χ4n) is 2.68.